The fraction of sp³-hybridized carbons (Fsp3) is 0.611. The van der Waals surface area contributed by atoms with Crippen LogP contribution in [0.4, 0.5) is 0 Å². The molecule has 24 heavy (non-hydrogen) atoms. The second-order valence-corrected chi connectivity index (χ2v) is 6.40. The van der Waals surface area contributed by atoms with Crippen molar-refractivity contribution < 1.29 is 0 Å². The minimum atomic E-state index is 0.136. The van der Waals surface area contributed by atoms with E-state index in [0.717, 1.165) is 57.9 Å². The van der Waals surface area contributed by atoms with E-state index in [1.165, 1.54) is 5.56 Å². The Balaban J connectivity index is 1.88. The lowest BCUT2D eigenvalue weighted by molar-refractivity contribution is 0.108. The lowest BCUT2D eigenvalue weighted by Gasteiger charge is -2.38. The molecule has 2 heterocycles. The summed E-state index contributed by atoms with van der Waals surface area (Å²) in [6, 6.07) is 10.8. The Morgan fingerprint density at radius 1 is 1.04 bits per heavy atom. The van der Waals surface area contributed by atoms with Gasteiger partial charge in [-0.2, -0.15) is 0 Å². The predicted octanol–water partition coefficient (Wildman–Crippen LogP) is 2.20. The van der Waals surface area contributed by atoms with Crippen LogP contribution in [0.5, 0.6) is 0 Å². The number of unbranched alkanes of at least 4 members (excludes halogenated alkanes) is 1. The fourth-order valence-corrected chi connectivity index (χ4v) is 3.37. The number of nitrogens with zero attached hydrogens (tertiary/aromatic N) is 6. The first-order valence-electron chi connectivity index (χ1n) is 9.11. The van der Waals surface area contributed by atoms with Crippen LogP contribution in [0, 0.1) is 0 Å². The van der Waals surface area contributed by atoms with E-state index in [-0.39, 0.29) is 6.04 Å². The molecule has 0 bridgehead atoms. The topological polar surface area (TPSA) is 50.1 Å². The Kier molecular flexibility index (Phi) is 5.93. The normalized spacial score (nSPS) is 17.9. The number of piperazine rings is 1. The molecule has 6 nitrogen and oxygen atoms in total. The number of aromatic nitrogens is 4. The first-order valence-corrected chi connectivity index (χ1v) is 9.11. The number of rotatable bonds is 7. The van der Waals surface area contributed by atoms with Crippen LogP contribution in [0.2, 0.25) is 0 Å². The first kappa shape index (κ1) is 17.0. The number of hydrogen-bond acceptors (Lipinski definition) is 5. The van der Waals surface area contributed by atoms with Crippen molar-refractivity contribution in [2.24, 2.45) is 0 Å². The van der Waals surface area contributed by atoms with E-state index in [0.29, 0.717) is 0 Å². The SMILES string of the molecule is CCCCn1nnnc1C(c1ccccc1)N1CCN(CC)CC1. The maximum atomic E-state index is 4.41. The van der Waals surface area contributed by atoms with Crippen LogP contribution in [0.3, 0.4) is 0 Å². The van der Waals surface area contributed by atoms with Gasteiger partial charge in [-0.15, -0.1) is 5.10 Å². The Bertz CT molecular complexity index is 603. The predicted molar refractivity (Wildman–Crippen MR) is 94.7 cm³/mol. The van der Waals surface area contributed by atoms with Gasteiger partial charge in [-0.1, -0.05) is 50.6 Å². The van der Waals surface area contributed by atoms with E-state index in [1.54, 1.807) is 0 Å². The number of tetrazole rings is 1. The number of hydrogen-bond donors (Lipinski definition) is 0. The van der Waals surface area contributed by atoms with Crippen LogP contribution in [-0.2, 0) is 6.54 Å². The van der Waals surface area contributed by atoms with Gasteiger partial charge in [-0.05, 0) is 29.0 Å². The summed E-state index contributed by atoms with van der Waals surface area (Å²) in [7, 11) is 0. The number of likely N-dealkylation sites (N-methyl/N-ethyl adjacent to an activating group) is 1. The fourth-order valence-electron chi connectivity index (χ4n) is 3.37. The molecule has 1 aliphatic rings. The van der Waals surface area contributed by atoms with Gasteiger partial charge in [0.2, 0.25) is 0 Å². The third-order valence-corrected chi connectivity index (χ3v) is 4.86. The van der Waals surface area contributed by atoms with Crippen molar-refractivity contribution in [1.82, 2.24) is 30.0 Å². The molecule has 1 fully saturated rings. The van der Waals surface area contributed by atoms with Crippen LogP contribution in [0.25, 0.3) is 0 Å². The minimum Gasteiger partial charge on any atom is -0.301 e. The van der Waals surface area contributed by atoms with Gasteiger partial charge < -0.3 is 4.90 Å². The molecule has 1 aromatic carbocycles. The van der Waals surface area contributed by atoms with Crippen LogP contribution >= 0.6 is 0 Å². The Morgan fingerprint density at radius 2 is 1.79 bits per heavy atom. The zero-order chi connectivity index (χ0) is 16.8. The first-order chi connectivity index (χ1) is 11.8. The highest BCUT2D eigenvalue weighted by Crippen LogP contribution is 2.28. The molecule has 130 valence electrons. The molecule has 1 unspecified atom stereocenters. The molecule has 3 rings (SSSR count). The summed E-state index contributed by atoms with van der Waals surface area (Å²) in [5.74, 6) is 0.972. The van der Waals surface area contributed by atoms with Gasteiger partial charge in [-0.25, -0.2) is 4.68 Å². The molecule has 0 N–H and O–H groups in total. The molecule has 0 spiro atoms. The molecule has 0 amide bonds. The zero-order valence-electron chi connectivity index (χ0n) is 14.8. The lowest BCUT2D eigenvalue weighted by Crippen LogP contribution is -2.48. The van der Waals surface area contributed by atoms with Crippen molar-refractivity contribution in [3.05, 3.63) is 41.7 Å². The minimum absolute atomic E-state index is 0.136. The quantitative estimate of drug-likeness (QED) is 0.780. The molecule has 6 heteroatoms. The summed E-state index contributed by atoms with van der Waals surface area (Å²) in [6.45, 7) is 10.8. The van der Waals surface area contributed by atoms with Gasteiger partial charge in [-0.3, -0.25) is 4.90 Å². The summed E-state index contributed by atoms with van der Waals surface area (Å²) in [5.41, 5.74) is 1.27. The molecule has 0 saturated carbocycles. The average molecular weight is 328 g/mol. The van der Waals surface area contributed by atoms with Gasteiger partial charge in [0, 0.05) is 32.7 Å². The summed E-state index contributed by atoms with van der Waals surface area (Å²) in [6.07, 6.45) is 2.24. The van der Waals surface area contributed by atoms with Gasteiger partial charge in [0.25, 0.3) is 0 Å². The molecule has 2 aromatic rings. The zero-order valence-corrected chi connectivity index (χ0v) is 14.8. The van der Waals surface area contributed by atoms with Gasteiger partial charge in [0.05, 0.1) is 6.04 Å². The van der Waals surface area contributed by atoms with Gasteiger partial charge >= 0.3 is 0 Å². The maximum absolute atomic E-state index is 4.41. The lowest BCUT2D eigenvalue weighted by atomic mass is 10.0. The van der Waals surface area contributed by atoms with E-state index in [4.69, 9.17) is 0 Å². The van der Waals surface area contributed by atoms with Gasteiger partial charge in [0.1, 0.15) is 0 Å². The monoisotopic (exact) mass is 328 g/mol. The van der Waals surface area contributed by atoms with Crippen molar-refractivity contribution in [3.8, 4) is 0 Å². The standard InChI is InChI=1S/C18H28N6/c1-3-5-11-24-18(19-20-21-24)17(16-9-7-6-8-10-16)23-14-12-22(4-2)13-15-23/h6-10,17H,3-5,11-15H2,1-2H3. The molecule has 0 radical (unpaired) electrons. The van der Waals surface area contributed by atoms with Crippen molar-refractivity contribution in [2.75, 3.05) is 32.7 Å². The van der Waals surface area contributed by atoms with Crippen molar-refractivity contribution in [2.45, 2.75) is 39.3 Å². The van der Waals surface area contributed by atoms with E-state index >= 15 is 0 Å². The van der Waals surface area contributed by atoms with Crippen LogP contribution in [0.15, 0.2) is 30.3 Å². The van der Waals surface area contributed by atoms with Crippen LogP contribution < -0.4 is 0 Å². The molecule has 1 aliphatic heterocycles. The van der Waals surface area contributed by atoms with Crippen LogP contribution in [0.1, 0.15) is 44.1 Å². The highest BCUT2D eigenvalue weighted by Gasteiger charge is 2.29. The number of benzene rings is 1. The Labute approximate surface area is 144 Å². The maximum Gasteiger partial charge on any atom is 0.173 e. The van der Waals surface area contributed by atoms with Crippen molar-refractivity contribution in [3.63, 3.8) is 0 Å². The second-order valence-electron chi connectivity index (χ2n) is 6.40. The number of aryl methyl sites for hydroxylation is 1. The van der Waals surface area contributed by atoms with E-state index in [9.17, 15) is 0 Å². The molecular weight excluding hydrogens is 300 g/mol. The summed E-state index contributed by atoms with van der Waals surface area (Å²) in [4.78, 5) is 5.02. The Hall–Kier alpha value is -1.79. The summed E-state index contributed by atoms with van der Waals surface area (Å²) >= 11 is 0. The molecule has 1 atom stereocenters. The smallest absolute Gasteiger partial charge is 0.173 e. The van der Waals surface area contributed by atoms with Crippen LogP contribution in [-0.4, -0.2) is 62.7 Å². The van der Waals surface area contributed by atoms with Crippen molar-refractivity contribution in [1.29, 1.82) is 0 Å². The van der Waals surface area contributed by atoms with E-state index in [1.807, 2.05) is 4.68 Å². The average Bonchev–Trinajstić information content (AvgIpc) is 3.10. The summed E-state index contributed by atoms with van der Waals surface area (Å²) in [5, 5.41) is 12.6. The third kappa shape index (κ3) is 3.82. The van der Waals surface area contributed by atoms with Gasteiger partial charge in [0.15, 0.2) is 5.82 Å². The second kappa shape index (κ2) is 8.35. The molecule has 0 aliphatic carbocycles. The Morgan fingerprint density at radius 3 is 2.46 bits per heavy atom. The third-order valence-electron chi connectivity index (χ3n) is 4.86. The summed E-state index contributed by atoms with van der Waals surface area (Å²) < 4.78 is 1.99. The van der Waals surface area contributed by atoms with E-state index < -0.39 is 0 Å². The highest BCUT2D eigenvalue weighted by atomic mass is 15.5. The van der Waals surface area contributed by atoms with E-state index in [2.05, 4.69) is 69.5 Å². The molecule has 1 aromatic heterocycles. The molecular formula is C18H28N6. The molecule has 1 saturated heterocycles. The largest absolute Gasteiger partial charge is 0.301 e. The highest BCUT2D eigenvalue weighted by molar-refractivity contribution is 5.25. The van der Waals surface area contributed by atoms with Crippen molar-refractivity contribution >= 4 is 0 Å².